The van der Waals surface area contributed by atoms with Crippen LogP contribution < -0.4 is 19.9 Å². The lowest BCUT2D eigenvalue weighted by Gasteiger charge is -2.33. The van der Waals surface area contributed by atoms with Crippen LogP contribution in [0.2, 0.25) is 0 Å². The average Bonchev–Trinajstić information content (AvgIpc) is 3.34. The van der Waals surface area contributed by atoms with Crippen molar-refractivity contribution < 1.29 is 23.8 Å². The van der Waals surface area contributed by atoms with E-state index < -0.39 is 17.5 Å². The molecular weight excluding hydrogens is 429 g/mol. The topological polar surface area (TPSA) is 108 Å². The fourth-order valence-electron chi connectivity index (χ4n) is 4.53. The molecule has 1 aliphatic carbocycles. The van der Waals surface area contributed by atoms with Gasteiger partial charge in [-0.1, -0.05) is 19.8 Å². The number of carbonyl (C=O) groups is 2. The maximum Gasteiger partial charge on any atom is 0.335 e. The number of carboxylic acid groups (broad SMARTS) is 1. The van der Waals surface area contributed by atoms with Crippen molar-refractivity contribution in [3.05, 3.63) is 30.0 Å². The van der Waals surface area contributed by atoms with Crippen molar-refractivity contribution in [3.8, 4) is 5.75 Å². The highest BCUT2D eigenvalue weighted by molar-refractivity contribution is 6.03. The Hall–Kier alpha value is -3.43. The van der Waals surface area contributed by atoms with Crippen LogP contribution in [0.25, 0.3) is 0 Å². The van der Waals surface area contributed by atoms with Crippen molar-refractivity contribution >= 4 is 35.0 Å². The fourth-order valence-corrected chi connectivity index (χ4v) is 4.53. The number of benzene rings is 1. The second-order valence-corrected chi connectivity index (χ2v) is 8.50. The predicted octanol–water partition coefficient (Wildman–Crippen LogP) is 3.77. The highest BCUT2D eigenvalue weighted by Gasteiger charge is 2.47. The number of amides is 1. The smallest absolute Gasteiger partial charge is 0.335 e. The summed E-state index contributed by atoms with van der Waals surface area (Å²) in [5.41, 5.74) is -0.979. The molecular formula is C23H28FN5O4. The number of alkyl halides is 1. The molecule has 0 spiro atoms. The predicted molar refractivity (Wildman–Crippen MR) is 122 cm³/mol. The zero-order chi connectivity index (χ0) is 23.8. The molecule has 10 heteroatoms. The highest BCUT2D eigenvalue weighted by Crippen LogP contribution is 2.40. The van der Waals surface area contributed by atoms with E-state index in [1.54, 1.807) is 20.0 Å². The van der Waals surface area contributed by atoms with E-state index in [1.165, 1.54) is 30.3 Å². The Morgan fingerprint density at radius 3 is 2.73 bits per heavy atom. The zero-order valence-corrected chi connectivity index (χ0v) is 19.0. The largest absolute Gasteiger partial charge is 0.495 e. The van der Waals surface area contributed by atoms with Gasteiger partial charge < -0.3 is 25.0 Å². The van der Waals surface area contributed by atoms with E-state index >= 15 is 4.39 Å². The number of rotatable bonds is 6. The Bertz CT molecular complexity index is 1070. The minimum atomic E-state index is -2.01. The molecule has 1 atom stereocenters. The van der Waals surface area contributed by atoms with Gasteiger partial charge in [-0.05, 0) is 37.5 Å². The third-order valence-electron chi connectivity index (χ3n) is 6.51. The summed E-state index contributed by atoms with van der Waals surface area (Å²) in [6, 6.07) is 4.53. The standard InChI is InChI=1S/C23H28FN5O4/c1-4-23(24)13-29(15-7-5-6-8-15)19-17(28(2)21(23)32)12-25-22(27-19)26-16-10-9-14(20(30)31)11-18(16)33-3/h9-12,15H,4-8,13H2,1-3H3,(H,30,31)(H,25,26,27). The highest BCUT2D eigenvalue weighted by atomic mass is 19.1. The zero-order valence-electron chi connectivity index (χ0n) is 19.0. The Labute approximate surface area is 191 Å². The molecule has 1 aromatic carbocycles. The minimum Gasteiger partial charge on any atom is -0.495 e. The fraction of sp³-hybridized carbons (Fsp3) is 0.478. The van der Waals surface area contributed by atoms with Gasteiger partial charge in [0.1, 0.15) is 11.4 Å². The number of fused-ring (bicyclic) bond motifs is 1. The number of carbonyl (C=O) groups excluding carboxylic acids is 1. The lowest BCUT2D eigenvalue weighted by Crippen LogP contribution is -2.50. The SMILES string of the molecule is CCC1(F)CN(C2CCCC2)c2nc(Nc3ccc(C(=O)O)cc3OC)ncc2N(C)C1=O. The summed E-state index contributed by atoms with van der Waals surface area (Å²) in [4.78, 5) is 36.5. The van der Waals surface area contributed by atoms with Crippen LogP contribution in [0.15, 0.2) is 24.4 Å². The molecule has 1 unspecified atom stereocenters. The Morgan fingerprint density at radius 2 is 2.09 bits per heavy atom. The van der Waals surface area contributed by atoms with E-state index in [0.717, 1.165) is 25.7 Å². The number of anilines is 4. The van der Waals surface area contributed by atoms with Crippen molar-refractivity contribution in [1.82, 2.24) is 9.97 Å². The molecule has 9 nitrogen and oxygen atoms in total. The number of aromatic nitrogens is 2. The number of hydrogen-bond donors (Lipinski definition) is 2. The number of ether oxygens (including phenoxy) is 1. The van der Waals surface area contributed by atoms with E-state index in [2.05, 4.69) is 15.3 Å². The molecule has 176 valence electrons. The molecule has 0 saturated heterocycles. The third kappa shape index (κ3) is 4.17. The first-order valence-corrected chi connectivity index (χ1v) is 11.1. The lowest BCUT2D eigenvalue weighted by molar-refractivity contribution is -0.129. The number of halogens is 1. The number of methoxy groups -OCH3 is 1. The van der Waals surface area contributed by atoms with Gasteiger partial charge in [-0.2, -0.15) is 4.98 Å². The number of aromatic carboxylic acids is 1. The number of carboxylic acids is 1. The summed E-state index contributed by atoms with van der Waals surface area (Å²) >= 11 is 0. The van der Waals surface area contributed by atoms with Crippen molar-refractivity contribution in [2.45, 2.75) is 50.7 Å². The van der Waals surface area contributed by atoms with Crippen LogP contribution in [0.1, 0.15) is 49.4 Å². The van der Waals surface area contributed by atoms with Crippen LogP contribution in [0, 0.1) is 0 Å². The molecule has 1 fully saturated rings. The maximum atomic E-state index is 15.8. The van der Waals surface area contributed by atoms with E-state index in [-0.39, 0.29) is 30.5 Å². The normalized spacial score (nSPS) is 21.0. The molecule has 0 radical (unpaired) electrons. The van der Waals surface area contributed by atoms with Gasteiger partial charge in [-0.15, -0.1) is 0 Å². The first-order chi connectivity index (χ1) is 15.8. The molecule has 4 rings (SSSR count). The van der Waals surface area contributed by atoms with Gasteiger partial charge in [0, 0.05) is 13.1 Å². The van der Waals surface area contributed by atoms with E-state index in [1.807, 2.05) is 4.90 Å². The summed E-state index contributed by atoms with van der Waals surface area (Å²) in [5, 5.41) is 12.3. The van der Waals surface area contributed by atoms with Crippen LogP contribution in [0.5, 0.6) is 5.75 Å². The molecule has 1 amide bonds. The van der Waals surface area contributed by atoms with E-state index in [9.17, 15) is 14.7 Å². The summed E-state index contributed by atoms with van der Waals surface area (Å²) in [7, 11) is 2.99. The van der Waals surface area contributed by atoms with Gasteiger partial charge in [0.2, 0.25) is 11.6 Å². The van der Waals surface area contributed by atoms with Gasteiger partial charge in [-0.3, -0.25) is 4.79 Å². The summed E-state index contributed by atoms with van der Waals surface area (Å²) < 4.78 is 21.1. The van der Waals surface area contributed by atoms with Crippen molar-refractivity contribution in [2.75, 3.05) is 35.8 Å². The average molecular weight is 458 g/mol. The molecule has 1 aromatic heterocycles. The van der Waals surface area contributed by atoms with Crippen LogP contribution >= 0.6 is 0 Å². The second-order valence-electron chi connectivity index (χ2n) is 8.50. The minimum absolute atomic E-state index is 0.0581. The molecule has 2 aliphatic rings. The van der Waals surface area contributed by atoms with Gasteiger partial charge in [0.05, 0.1) is 31.1 Å². The molecule has 0 bridgehead atoms. The van der Waals surface area contributed by atoms with Crippen molar-refractivity contribution in [2.24, 2.45) is 0 Å². The van der Waals surface area contributed by atoms with Gasteiger partial charge in [0.25, 0.3) is 5.91 Å². The van der Waals surface area contributed by atoms with E-state index in [0.29, 0.717) is 22.9 Å². The Kier molecular flexibility index (Phi) is 6.09. The monoisotopic (exact) mass is 457 g/mol. The summed E-state index contributed by atoms with van der Waals surface area (Å²) in [5.74, 6) is -0.595. The number of nitrogens with zero attached hydrogens (tertiary/aromatic N) is 4. The van der Waals surface area contributed by atoms with Crippen molar-refractivity contribution in [3.63, 3.8) is 0 Å². The second kappa shape index (κ2) is 8.84. The van der Waals surface area contributed by atoms with Gasteiger partial charge in [0.15, 0.2) is 5.82 Å². The molecule has 1 saturated carbocycles. The molecule has 2 heterocycles. The first kappa shape index (κ1) is 22.8. The van der Waals surface area contributed by atoms with Crippen LogP contribution in [0.3, 0.4) is 0 Å². The first-order valence-electron chi connectivity index (χ1n) is 11.1. The quantitative estimate of drug-likeness (QED) is 0.675. The number of nitrogens with one attached hydrogen (secondary N) is 1. The van der Waals surface area contributed by atoms with Gasteiger partial charge in [-0.25, -0.2) is 14.2 Å². The third-order valence-corrected chi connectivity index (χ3v) is 6.51. The summed E-state index contributed by atoms with van der Waals surface area (Å²) in [6.07, 6.45) is 5.51. The Balaban J connectivity index is 1.75. The lowest BCUT2D eigenvalue weighted by atomic mass is 10.00. The molecule has 33 heavy (non-hydrogen) atoms. The molecule has 2 aromatic rings. The van der Waals surface area contributed by atoms with Crippen molar-refractivity contribution in [1.29, 1.82) is 0 Å². The maximum absolute atomic E-state index is 15.8. The molecule has 2 N–H and O–H groups in total. The summed E-state index contributed by atoms with van der Waals surface area (Å²) in [6.45, 7) is 1.62. The number of hydrogen-bond acceptors (Lipinski definition) is 7. The van der Waals surface area contributed by atoms with Crippen LogP contribution in [-0.2, 0) is 4.79 Å². The molecule has 1 aliphatic heterocycles. The van der Waals surface area contributed by atoms with Gasteiger partial charge >= 0.3 is 5.97 Å². The Morgan fingerprint density at radius 1 is 1.36 bits per heavy atom. The van der Waals surface area contributed by atoms with Crippen LogP contribution in [-0.4, -0.2) is 59.4 Å². The van der Waals surface area contributed by atoms with E-state index in [4.69, 9.17) is 4.74 Å². The van der Waals surface area contributed by atoms with Crippen LogP contribution in [0.4, 0.5) is 27.5 Å².